The van der Waals surface area contributed by atoms with Gasteiger partial charge in [0.05, 0.1) is 19.1 Å². The molecule has 0 aromatic heterocycles. The minimum absolute atomic E-state index is 0.000212. The summed E-state index contributed by atoms with van der Waals surface area (Å²) in [4.78, 5) is 23.0. The summed E-state index contributed by atoms with van der Waals surface area (Å²) in [7, 11) is 1.46. The van der Waals surface area contributed by atoms with E-state index in [0.29, 0.717) is 10.8 Å². The third-order valence-corrected chi connectivity index (χ3v) is 3.16. The van der Waals surface area contributed by atoms with Crippen molar-refractivity contribution in [2.75, 3.05) is 7.11 Å². The molecule has 0 bridgehead atoms. The molecule has 5 nitrogen and oxygen atoms in total. The summed E-state index contributed by atoms with van der Waals surface area (Å²) >= 11 is 5.87. The number of benzene rings is 1. The topological polar surface area (TPSA) is 75.6 Å². The Morgan fingerprint density at radius 3 is 2.55 bits per heavy atom. The number of nitrogens with one attached hydrogen (secondary N) is 1. The number of halogens is 1. The summed E-state index contributed by atoms with van der Waals surface area (Å²) < 4.78 is 5.11. The van der Waals surface area contributed by atoms with Crippen LogP contribution in [0.2, 0.25) is 5.02 Å². The molecular formula is C14H18ClNO4. The van der Waals surface area contributed by atoms with Gasteiger partial charge in [-0.1, -0.05) is 25.4 Å². The lowest BCUT2D eigenvalue weighted by molar-refractivity contribution is -0.137. The fourth-order valence-corrected chi connectivity index (χ4v) is 1.92. The van der Waals surface area contributed by atoms with E-state index < -0.39 is 17.9 Å². The lowest BCUT2D eigenvalue weighted by Crippen LogP contribution is -2.40. The average Bonchev–Trinajstić information content (AvgIpc) is 2.37. The number of carbonyl (C=O) groups excluding carboxylic acids is 1. The molecule has 0 heterocycles. The van der Waals surface area contributed by atoms with Gasteiger partial charge in [0.25, 0.3) is 5.91 Å². The molecule has 110 valence electrons. The number of hydrogen-bond acceptors (Lipinski definition) is 3. The van der Waals surface area contributed by atoms with E-state index in [1.54, 1.807) is 12.1 Å². The normalized spacial score (nSPS) is 12.1. The highest BCUT2D eigenvalue weighted by molar-refractivity contribution is 6.31. The van der Waals surface area contributed by atoms with Crippen molar-refractivity contribution in [3.63, 3.8) is 0 Å². The molecule has 1 atom stereocenters. The molecule has 0 spiro atoms. The van der Waals surface area contributed by atoms with E-state index in [9.17, 15) is 9.59 Å². The highest BCUT2D eigenvalue weighted by Gasteiger charge is 2.22. The zero-order chi connectivity index (χ0) is 15.3. The minimum atomic E-state index is -0.956. The molecule has 0 fully saturated rings. The summed E-state index contributed by atoms with van der Waals surface area (Å²) in [5.74, 6) is -0.962. The van der Waals surface area contributed by atoms with Crippen LogP contribution in [0.1, 0.15) is 30.6 Å². The Bertz CT molecular complexity index is 502. The third-order valence-electron chi connectivity index (χ3n) is 2.92. The van der Waals surface area contributed by atoms with Crippen LogP contribution < -0.4 is 10.1 Å². The molecule has 1 rings (SSSR count). The van der Waals surface area contributed by atoms with Crippen molar-refractivity contribution in [1.82, 2.24) is 5.32 Å². The summed E-state index contributed by atoms with van der Waals surface area (Å²) in [5.41, 5.74) is 0.288. The number of carboxylic acids is 1. The SMILES string of the molecule is COc1ccc(Cl)cc1C(=O)NC(CC(=O)O)C(C)C. The maximum atomic E-state index is 12.2. The van der Waals surface area contributed by atoms with Crippen LogP contribution in [0.5, 0.6) is 5.75 Å². The van der Waals surface area contributed by atoms with Gasteiger partial charge in [0.1, 0.15) is 5.75 Å². The van der Waals surface area contributed by atoms with Gasteiger partial charge in [-0.2, -0.15) is 0 Å². The van der Waals surface area contributed by atoms with E-state index in [4.69, 9.17) is 21.4 Å². The summed E-state index contributed by atoms with van der Waals surface area (Å²) in [6, 6.07) is 4.25. The largest absolute Gasteiger partial charge is 0.496 e. The molecule has 1 unspecified atom stereocenters. The minimum Gasteiger partial charge on any atom is -0.496 e. The Kier molecular flexibility index (Phi) is 5.82. The first-order chi connectivity index (χ1) is 9.35. The highest BCUT2D eigenvalue weighted by atomic mass is 35.5. The Labute approximate surface area is 122 Å². The van der Waals surface area contributed by atoms with Gasteiger partial charge in [-0.15, -0.1) is 0 Å². The molecule has 20 heavy (non-hydrogen) atoms. The van der Waals surface area contributed by atoms with Gasteiger partial charge < -0.3 is 15.2 Å². The van der Waals surface area contributed by atoms with Crippen molar-refractivity contribution < 1.29 is 19.4 Å². The Balaban J connectivity index is 2.94. The number of amides is 1. The number of ether oxygens (including phenoxy) is 1. The predicted molar refractivity (Wildman–Crippen MR) is 76.3 cm³/mol. The molecule has 1 aromatic rings. The van der Waals surface area contributed by atoms with E-state index in [0.717, 1.165) is 0 Å². The van der Waals surface area contributed by atoms with Crippen molar-refractivity contribution >= 4 is 23.5 Å². The molecule has 0 radical (unpaired) electrons. The highest BCUT2D eigenvalue weighted by Crippen LogP contribution is 2.23. The van der Waals surface area contributed by atoms with Gasteiger partial charge in [-0.25, -0.2) is 0 Å². The molecule has 2 N–H and O–H groups in total. The van der Waals surface area contributed by atoms with Crippen LogP contribution in [0.25, 0.3) is 0 Å². The van der Waals surface area contributed by atoms with Crippen LogP contribution in [-0.2, 0) is 4.79 Å². The van der Waals surface area contributed by atoms with Crippen molar-refractivity contribution in [2.24, 2.45) is 5.92 Å². The molecule has 0 saturated heterocycles. The Hall–Kier alpha value is -1.75. The standard InChI is InChI=1S/C14H18ClNO4/c1-8(2)11(7-13(17)18)16-14(19)10-6-9(15)4-5-12(10)20-3/h4-6,8,11H,7H2,1-3H3,(H,16,19)(H,17,18). The van der Waals surface area contributed by atoms with Crippen molar-refractivity contribution in [1.29, 1.82) is 0 Å². The van der Waals surface area contributed by atoms with Gasteiger partial charge in [-0.3, -0.25) is 9.59 Å². The fourth-order valence-electron chi connectivity index (χ4n) is 1.75. The lowest BCUT2D eigenvalue weighted by atomic mass is 10.0. The molecule has 1 amide bonds. The van der Waals surface area contributed by atoms with Crippen LogP contribution in [0.4, 0.5) is 0 Å². The molecule has 0 aliphatic carbocycles. The summed E-state index contributed by atoms with van der Waals surface area (Å²) in [6.45, 7) is 3.70. The number of hydrogen-bond donors (Lipinski definition) is 2. The molecule has 0 aliphatic heterocycles. The fraction of sp³-hybridized carbons (Fsp3) is 0.429. The monoisotopic (exact) mass is 299 g/mol. The second kappa shape index (κ2) is 7.14. The predicted octanol–water partition coefficient (Wildman–Crippen LogP) is 2.58. The Morgan fingerprint density at radius 2 is 2.05 bits per heavy atom. The number of carbonyl (C=O) groups is 2. The molecule has 0 saturated carbocycles. The smallest absolute Gasteiger partial charge is 0.305 e. The third kappa shape index (κ3) is 4.42. The number of rotatable bonds is 6. The van der Waals surface area contributed by atoms with Gasteiger partial charge in [0.2, 0.25) is 0 Å². The van der Waals surface area contributed by atoms with E-state index in [-0.39, 0.29) is 17.9 Å². The van der Waals surface area contributed by atoms with E-state index >= 15 is 0 Å². The van der Waals surface area contributed by atoms with Gasteiger partial charge in [-0.05, 0) is 24.1 Å². The maximum absolute atomic E-state index is 12.2. The quantitative estimate of drug-likeness (QED) is 0.846. The van der Waals surface area contributed by atoms with Crippen LogP contribution in [0.3, 0.4) is 0 Å². The Morgan fingerprint density at radius 1 is 1.40 bits per heavy atom. The summed E-state index contributed by atoms with van der Waals surface area (Å²) in [5, 5.41) is 12.0. The summed E-state index contributed by atoms with van der Waals surface area (Å²) in [6.07, 6.45) is -0.133. The van der Waals surface area contributed by atoms with E-state index in [2.05, 4.69) is 5.32 Å². The first-order valence-electron chi connectivity index (χ1n) is 6.21. The van der Waals surface area contributed by atoms with Crippen molar-refractivity contribution in [3.8, 4) is 5.75 Å². The van der Waals surface area contributed by atoms with E-state index in [1.165, 1.54) is 13.2 Å². The average molecular weight is 300 g/mol. The second-order valence-corrected chi connectivity index (χ2v) is 5.20. The number of methoxy groups -OCH3 is 1. The van der Waals surface area contributed by atoms with Gasteiger partial charge in [0.15, 0.2) is 0 Å². The zero-order valence-corrected chi connectivity index (χ0v) is 12.4. The molecule has 1 aromatic carbocycles. The van der Waals surface area contributed by atoms with Crippen molar-refractivity contribution in [2.45, 2.75) is 26.3 Å². The van der Waals surface area contributed by atoms with Crippen LogP contribution in [0, 0.1) is 5.92 Å². The lowest BCUT2D eigenvalue weighted by Gasteiger charge is -2.21. The van der Waals surface area contributed by atoms with Crippen LogP contribution in [0.15, 0.2) is 18.2 Å². The second-order valence-electron chi connectivity index (χ2n) is 4.77. The number of aliphatic carboxylic acids is 1. The van der Waals surface area contributed by atoms with Gasteiger partial charge >= 0.3 is 5.97 Å². The first kappa shape index (κ1) is 16.3. The molecule has 6 heteroatoms. The van der Waals surface area contributed by atoms with Crippen LogP contribution in [-0.4, -0.2) is 30.1 Å². The van der Waals surface area contributed by atoms with E-state index in [1.807, 2.05) is 13.8 Å². The van der Waals surface area contributed by atoms with Crippen molar-refractivity contribution in [3.05, 3.63) is 28.8 Å². The molecular weight excluding hydrogens is 282 g/mol. The van der Waals surface area contributed by atoms with Gasteiger partial charge in [0, 0.05) is 11.1 Å². The zero-order valence-electron chi connectivity index (χ0n) is 11.6. The molecule has 0 aliphatic rings. The number of carboxylic acid groups (broad SMARTS) is 1. The first-order valence-corrected chi connectivity index (χ1v) is 6.59. The van der Waals surface area contributed by atoms with Crippen LogP contribution >= 0.6 is 11.6 Å². The maximum Gasteiger partial charge on any atom is 0.305 e.